The third-order valence-electron chi connectivity index (χ3n) is 5.13. The van der Waals surface area contributed by atoms with E-state index < -0.39 is 0 Å². The standard InChI is InChI=1S/C23H22ClN5O2S/c1-28(13-5-8-19-14-20(27-31-19)16-6-3-2-4-7-16)21(30)15-29-22(25-26-23(29)32)17-9-11-18(24)12-10-17/h2-4,6-7,9-12,14H,5,8,13,15H2,1H3,(H,26,32). The third kappa shape index (κ3) is 5.15. The van der Waals surface area contributed by atoms with Crippen LogP contribution in [0.1, 0.15) is 12.2 Å². The van der Waals surface area contributed by atoms with Gasteiger partial charge in [-0.05, 0) is 42.9 Å². The summed E-state index contributed by atoms with van der Waals surface area (Å²) in [6, 6.07) is 19.1. The Balaban J connectivity index is 1.33. The van der Waals surface area contributed by atoms with Crippen LogP contribution in [0, 0.1) is 4.77 Å². The molecule has 0 fully saturated rings. The van der Waals surface area contributed by atoms with E-state index in [-0.39, 0.29) is 12.5 Å². The average Bonchev–Trinajstić information content (AvgIpc) is 3.42. The molecule has 164 valence electrons. The summed E-state index contributed by atoms with van der Waals surface area (Å²) >= 11 is 11.3. The van der Waals surface area contributed by atoms with E-state index in [0.29, 0.717) is 28.6 Å². The highest BCUT2D eigenvalue weighted by Gasteiger charge is 2.16. The summed E-state index contributed by atoms with van der Waals surface area (Å²) in [5, 5.41) is 11.8. The van der Waals surface area contributed by atoms with Crippen molar-refractivity contribution < 1.29 is 9.32 Å². The molecular formula is C23H22ClN5O2S. The van der Waals surface area contributed by atoms with E-state index in [4.69, 9.17) is 28.3 Å². The van der Waals surface area contributed by atoms with Gasteiger partial charge in [-0.15, -0.1) is 0 Å². The van der Waals surface area contributed by atoms with Crippen molar-refractivity contribution in [2.75, 3.05) is 13.6 Å². The number of carbonyl (C=O) groups is 1. The van der Waals surface area contributed by atoms with E-state index >= 15 is 0 Å². The van der Waals surface area contributed by atoms with Gasteiger partial charge in [0.2, 0.25) is 5.91 Å². The van der Waals surface area contributed by atoms with Crippen LogP contribution >= 0.6 is 23.8 Å². The fraction of sp³-hybridized carbons (Fsp3) is 0.217. The van der Waals surface area contributed by atoms with Gasteiger partial charge in [-0.2, -0.15) is 5.10 Å². The molecule has 4 rings (SSSR count). The Labute approximate surface area is 195 Å². The Morgan fingerprint density at radius 2 is 1.91 bits per heavy atom. The van der Waals surface area contributed by atoms with Gasteiger partial charge in [-0.25, -0.2) is 0 Å². The van der Waals surface area contributed by atoms with E-state index in [2.05, 4.69) is 15.4 Å². The molecule has 2 aromatic heterocycles. The first-order chi connectivity index (χ1) is 15.5. The predicted octanol–water partition coefficient (Wildman–Crippen LogP) is 5.01. The summed E-state index contributed by atoms with van der Waals surface area (Å²) in [6.45, 7) is 0.686. The maximum absolute atomic E-state index is 12.8. The normalized spacial score (nSPS) is 10.9. The van der Waals surface area contributed by atoms with Crippen LogP contribution in [0.15, 0.2) is 65.2 Å². The van der Waals surface area contributed by atoms with Gasteiger partial charge in [0.1, 0.15) is 18.0 Å². The van der Waals surface area contributed by atoms with Crippen LogP contribution in [-0.2, 0) is 17.8 Å². The number of rotatable bonds is 8. The molecule has 1 N–H and O–H groups in total. The Kier molecular flexibility index (Phi) is 6.82. The van der Waals surface area contributed by atoms with Crippen molar-refractivity contribution in [2.24, 2.45) is 0 Å². The average molecular weight is 468 g/mol. The van der Waals surface area contributed by atoms with E-state index in [1.807, 2.05) is 48.5 Å². The Bertz CT molecular complexity index is 1250. The summed E-state index contributed by atoms with van der Waals surface area (Å²) in [5.41, 5.74) is 2.66. The highest BCUT2D eigenvalue weighted by atomic mass is 35.5. The summed E-state index contributed by atoms with van der Waals surface area (Å²) in [5.74, 6) is 1.34. The second-order valence-electron chi connectivity index (χ2n) is 7.41. The molecule has 9 heteroatoms. The van der Waals surface area contributed by atoms with E-state index in [9.17, 15) is 4.79 Å². The lowest BCUT2D eigenvalue weighted by atomic mass is 10.1. The molecule has 0 aliphatic rings. The first-order valence-electron chi connectivity index (χ1n) is 10.2. The summed E-state index contributed by atoms with van der Waals surface area (Å²) in [7, 11) is 1.78. The van der Waals surface area contributed by atoms with Crippen molar-refractivity contribution in [1.82, 2.24) is 24.8 Å². The maximum atomic E-state index is 12.8. The molecule has 0 saturated carbocycles. The molecule has 0 saturated heterocycles. The van der Waals surface area contributed by atoms with Crippen LogP contribution in [0.5, 0.6) is 0 Å². The van der Waals surface area contributed by atoms with Gasteiger partial charge in [0.05, 0.1) is 0 Å². The molecule has 4 aromatic rings. The Hall–Kier alpha value is -3.23. The van der Waals surface area contributed by atoms with Gasteiger partial charge in [0.15, 0.2) is 10.6 Å². The van der Waals surface area contributed by atoms with Crippen molar-refractivity contribution in [2.45, 2.75) is 19.4 Å². The van der Waals surface area contributed by atoms with Crippen molar-refractivity contribution in [3.63, 3.8) is 0 Å². The number of aromatic nitrogens is 4. The highest BCUT2D eigenvalue weighted by Crippen LogP contribution is 2.21. The molecule has 32 heavy (non-hydrogen) atoms. The third-order valence-corrected chi connectivity index (χ3v) is 5.69. The predicted molar refractivity (Wildman–Crippen MR) is 126 cm³/mol. The van der Waals surface area contributed by atoms with Gasteiger partial charge in [-0.3, -0.25) is 14.5 Å². The monoisotopic (exact) mass is 467 g/mol. The lowest BCUT2D eigenvalue weighted by molar-refractivity contribution is -0.130. The number of hydrogen-bond acceptors (Lipinski definition) is 5. The molecule has 0 spiro atoms. The second kappa shape index (κ2) is 9.93. The summed E-state index contributed by atoms with van der Waals surface area (Å²) < 4.78 is 7.53. The molecule has 1 amide bonds. The molecule has 2 aromatic carbocycles. The number of nitrogens with zero attached hydrogens (tertiary/aromatic N) is 4. The van der Waals surface area contributed by atoms with Crippen LogP contribution in [-0.4, -0.2) is 44.3 Å². The Morgan fingerprint density at radius 1 is 1.16 bits per heavy atom. The van der Waals surface area contributed by atoms with Crippen molar-refractivity contribution in [3.05, 3.63) is 76.2 Å². The van der Waals surface area contributed by atoms with Crippen molar-refractivity contribution in [3.8, 4) is 22.6 Å². The largest absolute Gasteiger partial charge is 0.361 e. The number of halogens is 1. The second-order valence-corrected chi connectivity index (χ2v) is 8.23. The molecule has 0 radical (unpaired) electrons. The number of hydrogen-bond donors (Lipinski definition) is 1. The van der Waals surface area contributed by atoms with Crippen LogP contribution in [0.25, 0.3) is 22.6 Å². The first kappa shape index (κ1) is 22.0. The summed E-state index contributed by atoms with van der Waals surface area (Å²) in [4.78, 5) is 14.5. The number of nitrogens with one attached hydrogen (secondary N) is 1. The fourth-order valence-corrected chi connectivity index (χ4v) is 3.65. The lowest BCUT2D eigenvalue weighted by Gasteiger charge is -2.17. The number of aryl methyl sites for hydroxylation is 1. The van der Waals surface area contributed by atoms with Gasteiger partial charge < -0.3 is 9.42 Å². The molecule has 0 bridgehead atoms. The van der Waals surface area contributed by atoms with Crippen LogP contribution in [0.4, 0.5) is 0 Å². The first-order valence-corrected chi connectivity index (χ1v) is 11.0. The van der Waals surface area contributed by atoms with Gasteiger partial charge >= 0.3 is 0 Å². The fourth-order valence-electron chi connectivity index (χ4n) is 3.33. The zero-order valence-electron chi connectivity index (χ0n) is 17.5. The zero-order chi connectivity index (χ0) is 22.5. The molecule has 0 atom stereocenters. The molecule has 0 aliphatic carbocycles. The molecule has 2 heterocycles. The zero-order valence-corrected chi connectivity index (χ0v) is 19.1. The minimum absolute atomic E-state index is 0.0553. The van der Waals surface area contributed by atoms with Gasteiger partial charge in [-0.1, -0.05) is 47.1 Å². The number of benzene rings is 2. The van der Waals surface area contributed by atoms with Crippen LogP contribution < -0.4 is 0 Å². The molecular weight excluding hydrogens is 446 g/mol. The highest BCUT2D eigenvalue weighted by molar-refractivity contribution is 7.71. The van der Waals surface area contributed by atoms with Gasteiger partial charge in [0.25, 0.3) is 0 Å². The van der Waals surface area contributed by atoms with Crippen molar-refractivity contribution >= 4 is 29.7 Å². The molecule has 0 aliphatic heterocycles. The minimum Gasteiger partial charge on any atom is -0.361 e. The number of amides is 1. The smallest absolute Gasteiger partial charge is 0.242 e. The Morgan fingerprint density at radius 3 is 2.66 bits per heavy atom. The molecule has 0 unspecified atom stereocenters. The number of H-pyrrole nitrogens is 1. The molecule has 7 nitrogen and oxygen atoms in total. The van der Waals surface area contributed by atoms with Gasteiger partial charge in [0, 0.05) is 42.2 Å². The maximum Gasteiger partial charge on any atom is 0.242 e. The lowest BCUT2D eigenvalue weighted by Crippen LogP contribution is -2.31. The quantitative estimate of drug-likeness (QED) is 0.368. The topological polar surface area (TPSA) is 79.9 Å². The van der Waals surface area contributed by atoms with E-state index in [0.717, 1.165) is 29.0 Å². The number of carbonyl (C=O) groups excluding carboxylic acids is 1. The number of aromatic amines is 1. The summed E-state index contributed by atoms with van der Waals surface area (Å²) in [6.07, 6.45) is 1.45. The van der Waals surface area contributed by atoms with Crippen LogP contribution in [0.3, 0.4) is 0 Å². The van der Waals surface area contributed by atoms with E-state index in [1.54, 1.807) is 28.6 Å². The van der Waals surface area contributed by atoms with Crippen LogP contribution in [0.2, 0.25) is 5.02 Å². The van der Waals surface area contributed by atoms with E-state index in [1.165, 1.54) is 0 Å². The SMILES string of the molecule is CN(CCCc1cc(-c2ccccc2)no1)C(=O)Cn1c(-c2ccc(Cl)cc2)n[nH]c1=S. The minimum atomic E-state index is -0.0553. The number of likely N-dealkylation sites (N-methyl/N-ethyl adjacent to an activating group) is 1. The van der Waals surface area contributed by atoms with Crippen molar-refractivity contribution in [1.29, 1.82) is 0 Å².